The zero-order chi connectivity index (χ0) is 15.5. The zero-order valence-corrected chi connectivity index (χ0v) is 13.5. The Labute approximate surface area is 133 Å². The van der Waals surface area contributed by atoms with E-state index in [9.17, 15) is 8.42 Å². The van der Waals surface area contributed by atoms with Crippen LogP contribution in [-0.2, 0) is 26.0 Å². The van der Waals surface area contributed by atoms with Gasteiger partial charge in [-0.1, -0.05) is 23.2 Å². The monoisotopic (exact) mass is 354 g/mol. The van der Waals surface area contributed by atoms with Crippen LogP contribution in [-0.4, -0.2) is 40.9 Å². The van der Waals surface area contributed by atoms with Gasteiger partial charge in [0.2, 0.25) is 10.0 Å². The lowest BCUT2D eigenvalue weighted by Crippen LogP contribution is -2.39. The minimum absolute atomic E-state index is 0.0401. The van der Waals surface area contributed by atoms with E-state index in [1.165, 1.54) is 12.1 Å². The number of sulfonamides is 1. The summed E-state index contributed by atoms with van der Waals surface area (Å²) >= 11 is 12.0. The van der Waals surface area contributed by atoms with Gasteiger partial charge < -0.3 is 15.2 Å². The Morgan fingerprint density at radius 2 is 2.10 bits per heavy atom. The molecular weight excluding hydrogens is 339 g/mol. The summed E-state index contributed by atoms with van der Waals surface area (Å²) in [6.45, 7) is 1.49. The topological polar surface area (TPSA) is 90.7 Å². The lowest BCUT2D eigenvalue weighted by Gasteiger charge is -2.23. The average molecular weight is 355 g/mol. The summed E-state index contributed by atoms with van der Waals surface area (Å²) in [6, 6.07) is 2.81. The molecule has 1 fully saturated rings. The molecule has 118 valence electrons. The van der Waals surface area contributed by atoms with E-state index in [-0.39, 0.29) is 29.1 Å². The molecule has 0 saturated carbocycles. The Morgan fingerprint density at radius 1 is 1.33 bits per heavy atom. The summed E-state index contributed by atoms with van der Waals surface area (Å²) in [4.78, 5) is -0.0502. The first kappa shape index (κ1) is 17.0. The highest BCUT2D eigenvalue weighted by molar-refractivity contribution is 7.89. The molecule has 1 unspecified atom stereocenters. The van der Waals surface area contributed by atoms with Crippen molar-refractivity contribution >= 4 is 33.2 Å². The van der Waals surface area contributed by atoms with E-state index < -0.39 is 10.0 Å². The van der Waals surface area contributed by atoms with Gasteiger partial charge in [0.15, 0.2) is 0 Å². The van der Waals surface area contributed by atoms with Gasteiger partial charge in [-0.2, -0.15) is 0 Å². The van der Waals surface area contributed by atoms with E-state index in [0.29, 0.717) is 30.4 Å². The van der Waals surface area contributed by atoms with Gasteiger partial charge in [0, 0.05) is 23.7 Å². The molecule has 0 radical (unpaired) electrons. The molecule has 1 saturated heterocycles. The van der Waals surface area contributed by atoms with Crippen LogP contribution in [0.4, 0.5) is 0 Å². The zero-order valence-electron chi connectivity index (χ0n) is 11.1. The minimum Gasteiger partial charge on any atom is -0.376 e. The van der Waals surface area contributed by atoms with Crippen molar-refractivity contribution in [1.82, 2.24) is 4.72 Å². The quantitative estimate of drug-likeness (QED) is 0.827. The number of nitrogens with two attached hydrogens (primary N) is 1. The van der Waals surface area contributed by atoms with E-state index in [1.807, 2.05) is 0 Å². The van der Waals surface area contributed by atoms with Crippen LogP contribution in [0, 0.1) is 0 Å². The molecule has 1 heterocycles. The molecule has 1 atom stereocenters. The van der Waals surface area contributed by atoms with Crippen molar-refractivity contribution in [2.45, 2.75) is 17.5 Å². The van der Waals surface area contributed by atoms with Crippen LogP contribution in [0.5, 0.6) is 0 Å². The Bertz CT molecular complexity index is 604. The third kappa shape index (κ3) is 4.07. The third-order valence-electron chi connectivity index (χ3n) is 3.03. The van der Waals surface area contributed by atoms with Crippen LogP contribution in [0.2, 0.25) is 10.0 Å². The molecule has 9 heteroatoms. The summed E-state index contributed by atoms with van der Waals surface area (Å²) in [5.74, 6) is 0. The van der Waals surface area contributed by atoms with Gasteiger partial charge in [0.05, 0.1) is 30.9 Å². The standard InChI is InChI=1S/C12H16Cl2N2O4S/c13-10-1-2-11(12(14)9(10)5-15)21(17,18)16-6-8-7-19-3-4-20-8/h1-2,8,16H,3-7,15H2. The fraction of sp³-hybridized carbons (Fsp3) is 0.500. The third-order valence-corrected chi connectivity index (χ3v) is 5.39. The highest BCUT2D eigenvalue weighted by Crippen LogP contribution is 2.30. The molecule has 0 amide bonds. The van der Waals surface area contributed by atoms with Gasteiger partial charge in [0.1, 0.15) is 4.90 Å². The molecule has 0 bridgehead atoms. The average Bonchev–Trinajstić information content (AvgIpc) is 2.46. The summed E-state index contributed by atoms with van der Waals surface area (Å²) < 4.78 is 37.6. The normalized spacial score (nSPS) is 19.7. The molecule has 0 aromatic heterocycles. The molecule has 3 N–H and O–H groups in total. The lowest BCUT2D eigenvalue weighted by atomic mass is 10.2. The van der Waals surface area contributed by atoms with Crippen molar-refractivity contribution in [3.05, 3.63) is 27.7 Å². The second kappa shape index (κ2) is 7.23. The van der Waals surface area contributed by atoms with Crippen LogP contribution in [0.15, 0.2) is 17.0 Å². The molecule has 2 rings (SSSR count). The van der Waals surface area contributed by atoms with Crippen molar-refractivity contribution in [3.63, 3.8) is 0 Å². The molecule has 0 spiro atoms. The molecule has 1 aromatic carbocycles. The molecule has 1 aromatic rings. The van der Waals surface area contributed by atoms with Crippen molar-refractivity contribution < 1.29 is 17.9 Å². The van der Waals surface area contributed by atoms with E-state index in [1.54, 1.807) is 0 Å². The van der Waals surface area contributed by atoms with Crippen LogP contribution in [0.3, 0.4) is 0 Å². The maximum absolute atomic E-state index is 12.3. The highest BCUT2D eigenvalue weighted by Gasteiger charge is 2.23. The van der Waals surface area contributed by atoms with E-state index in [0.717, 1.165) is 0 Å². The second-order valence-electron chi connectivity index (χ2n) is 4.46. The number of halogens is 2. The smallest absolute Gasteiger partial charge is 0.242 e. The largest absolute Gasteiger partial charge is 0.376 e. The van der Waals surface area contributed by atoms with Gasteiger partial charge in [-0.25, -0.2) is 13.1 Å². The number of benzene rings is 1. The molecule has 1 aliphatic rings. The first-order valence-corrected chi connectivity index (χ1v) is 8.55. The number of hydrogen-bond donors (Lipinski definition) is 2. The number of ether oxygens (including phenoxy) is 2. The molecule has 0 aliphatic carbocycles. The second-order valence-corrected chi connectivity index (χ2v) is 6.98. The van der Waals surface area contributed by atoms with Crippen molar-refractivity contribution in [2.24, 2.45) is 5.73 Å². The Morgan fingerprint density at radius 3 is 2.71 bits per heavy atom. The van der Waals surface area contributed by atoms with Crippen molar-refractivity contribution in [1.29, 1.82) is 0 Å². The summed E-state index contributed by atoms with van der Waals surface area (Å²) in [5.41, 5.74) is 5.94. The van der Waals surface area contributed by atoms with Crippen LogP contribution in [0.1, 0.15) is 5.56 Å². The van der Waals surface area contributed by atoms with Crippen molar-refractivity contribution in [2.75, 3.05) is 26.4 Å². The first-order chi connectivity index (χ1) is 9.95. The maximum Gasteiger partial charge on any atom is 0.242 e. The van der Waals surface area contributed by atoms with Gasteiger partial charge in [-0.15, -0.1) is 0 Å². The number of hydrogen-bond acceptors (Lipinski definition) is 5. The van der Waals surface area contributed by atoms with Gasteiger partial charge in [-0.05, 0) is 12.1 Å². The Kier molecular flexibility index (Phi) is 5.84. The fourth-order valence-electron chi connectivity index (χ4n) is 1.91. The molecule has 1 aliphatic heterocycles. The van der Waals surface area contributed by atoms with Crippen LogP contribution >= 0.6 is 23.2 Å². The SMILES string of the molecule is NCc1c(Cl)ccc(S(=O)(=O)NCC2COCCO2)c1Cl. The summed E-state index contributed by atoms with van der Waals surface area (Å²) in [6.07, 6.45) is -0.312. The minimum atomic E-state index is -3.77. The van der Waals surface area contributed by atoms with E-state index >= 15 is 0 Å². The van der Waals surface area contributed by atoms with E-state index in [4.69, 9.17) is 38.4 Å². The molecular formula is C12H16Cl2N2O4S. The van der Waals surface area contributed by atoms with Crippen LogP contribution < -0.4 is 10.5 Å². The number of rotatable bonds is 5. The van der Waals surface area contributed by atoms with Gasteiger partial charge in [-0.3, -0.25) is 0 Å². The lowest BCUT2D eigenvalue weighted by molar-refractivity contribution is -0.0846. The predicted molar refractivity (Wildman–Crippen MR) is 80.1 cm³/mol. The Hall–Kier alpha value is -0.410. The van der Waals surface area contributed by atoms with E-state index in [2.05, 4.69) is 4.72 Å². The van der Waals surface area contributed by atoms with Gasteiger partial charge >= 0.3 is 0 Å². The van der Waals surface area contributed by atoms with Crippen molar-refractivity contribution in [3.8, 4) is 0 Å². The summed E-state index contributed by atoms with van der Waals surface area (Å²) in [5, 5.41) is 0.378. The summed E-state index contributed by atoms with van der Waals surface area (Å²) in [7, 11) is -3.77. The maximum atomic E-state index is 12.3. The Balaban J connectivity index is 2.15. The fourth-order valence-corrected chi connectivity index (χ4v) is 3.90. The molecule has 6 nitrogen and oxygen atoms in total. The highest BCUT2D eigenvalue weighted by atomic mass is 35.5. The predicted octanol–water partition coefficient (Wildman–Crippen LogP) is 1.15. The van der Waals surface area contributed by atoms with Crippen LogP contribution in [0.25, 0.3) is 0 Å². The first-order valence-electron chi connectivity index (χ1n) is 6.31. The molecule has 21 heavy (non-hydrogen) atoms. The number of nitrogens with one attached hydrogen (secondary N) is 1. The van der Waals surface area contributed by atoms with Gasteiger partial charge in [0.25, 0.3) is 0 Å².